The van der Waals surface area contributed by atoms with Gasteiger partial charge in [0.25, 0.3) is 5.91 Å². The Morgan fingerprint density at radius 2 is 1.72 bits per heavy atom. The molecule has 1 heterocycles. The molecule has 1 fully saturated rings. The first-order valence-electron chi connectivity index (χ1n) is 8.48. The van der Waals surface area contributed by atoms with Gasteiger partial charge in [0.1, 0.15) is 0 Å². The maximum absolute atomic E-state index is 12.8. The van der Waals surface area contributed by atoms with E-state index in [1.807, 2.05) is 25.1 Å². The molecule has 1 atom stereocenters. The number of hydrogen-bond acceptors (Lipinski definition) is 3. The van der Waals surface area contributed by atoms with Crippen molar-refractivity contribution in [3.63, 3.8) is 0 Å². The standard InChI is InChI=1S/C20H19ClN2O2/c1-12-6-7-16(10-17(12)21)23-19(24)11-18(20(23)25)22-15-8-13-4-2-3-5-14(13)9-15/h2-7,10,15,18,22H,8-9,11H2,1H3. The Kier molecular flexibility index (Phi) is 4.10. The van der Waals surface area contributed by atoms with Crippen LogP contribution in [0.15, 0.2) is 42.5 Å². The summed E-state index contributed by atoms with van der Waals surface area (Å²) in [5.74, 6) is -0.376. The summed E-state index contributed by atoms with van der Waals surface area (Å²) in [6.07, 6.45) is 1.98. The van der Waals surface area contributed by atoms with Crippen molar-refractivity contribution >= 4 is 29.1 Å². The third kappa shape index (κ3) is 2.96. The van der Waals surface area contributed by atoms with Gasteiger partial charge in [-0.05, 0) is 48.6 Å². The first-order chi connectivity index (χ1) is 12.0. The minimum absolute atomic E-state index is 0.182. The van der Waals surface area contributed by atoms with Crippen molar-refractivity contribution in [3.05, 3.63) is 64.2 Å². The highest BCUT2D eigenvalue weighted by Gasteiger charge is 2.41. The Morgan fingerprint density at radius 3 is 2.36 bits per heavy atom. The third-order valence-electron chi connectivity index (χ3n) is 5.05. The minimum Gasteiger partial charge on any atom is -0.302 e. The van der Waals surface area contributed by atoms with Crippen LogP contribution in [0.3, 0.4) is 0 Å². The maximum atomic E-state index is 12.8. The Bertz CT molecular complexity index is 840. The van der Waals surface area contributed by atoms with E-state index in [9.17, 15) is 9.59 Å². The fourth-order valence-corrected chi connectivity index (χ4v) is 3.89. The smallest absolute Gasteiger partial charge is 0.251 e. The van der Waals surface area contributed by atoms with E-state index < -0.39 is 6.04 Å². The van der Waals surface area contributed by atoms with Crippen LogP contribution < -0.4 is 10.2 Å². The summed E-state index contributed by atoms with van der Waals surface area (Å²) in [7, 11) is 0. The Balaban J connectivity index is 1.49. The molecule has 4 rings (SSSR count). The van der Waals surface area contributed by atoms with Crippen LogP contribution in [-0.4, -0.2) is 23.9 Å². The number of rotatable bonds is 3. The van der Waals surface area contributed by atoms with E-state index in [4.69, 9.17) is 11.6 Å². The summed E-state index contributed by atoms with van der Waals surface area (Å²) >= 11 is 6.15. The molecule has 1 saturated heterocycles. The van der Waals surface area contributed by atoms with Gasteiger partial charge in [-0.1, -0.05) is 41.9 Å². The number of carbonyl (C=O) groups is 2. The number of amides is 2. The molecule has 1 N–H and O–H groups in total. The van der Waals surface area contributed by atoms with E-state index in [2.05, 4.69) is 17.4 Å². The molecule has 1 aliphatic heterocycles. The SMILES string of the molecule is Cc1ccc(N2C(=O)CC(NC3Cc4ccccc4C3)C2=O)cc1Cl. The third-order valence-corrected chi connectivity index (χ3v) is 5.46. The van der Waals surface area contributed by atoms with Crippen molar-refractivity contribution in [2.24, 2.45) is 0 Å². The number of carbonyl (C=O) groups excluding carboxylic acids is 2. The van der Waals surface area contributed by atoms with Gasteiger partial charge in [-0.2, -0.15) is 0 Å². The van der Waals surface area contributed by atoms with E-state index in [1.165, 1.54) is 16.0 Å². The van der Waals surface area contributed by atoms with Gasteiger partial charge in [0, 0.05) is 11.1 Å². The number of nitrogens with zero attached hydrogens (tertiary/aromatic N) is 1. The second kappa shape index (κ2) is 6.28. The average Bonchev–Trinajstić information content (AvgIpc) is 3.11. The van der Waals surface area contributed by atoms with Gasteiger partial charge in [-0.3, -0.25) is 9.59 Å². The first-order valence-corrected chi connectivity index (χ1v) is 8.86. The lowest BCUT2D eigenvalue weighted by Crippen LogP contribution is -2.44. The molecule has 25 heavy (non-hydrogen) atoms. The zero-order valence-electron chi connectivity index (χ0n) is 14.0. The van der Waals surface area contributed by atoms with Crippen molar-refractivity contribution in [1.82, 2.24) is 5.32 Å². The number of fused-ring (bicyclic) bond motifs is 1. The van der Waals surface area contributed by atoms with Crippen LogP contribution in [0.4, 0.5) is 5.69 Å². The van der Waals surface area contributed by atoms with Crippen LogP contribution in [0.5, 0.6) is 0 Å². The van der Waals surface area contributed by atoms with Gasteiger partial charge in [-0.15, -0.1) is 0 Å². The molecule has 1 unspecified atom stereocenters. The van der Waals surface area contributed by atoms with Crippen molar-refractivity contribution in [1.29, 1.82) is 0 Å². The van der Waals surface area contributed by atoms with Crippen LogP contribution in [0.2, 0.25) is 5.02 Å². The van der Waals surface area contributed by atoms with Crippen LogP contribution in [0, 0.1) is 6.92 Å². The van der Waals surface area contributed by atoms with E-state index in [-0.39, 0.29) is 24.3 Å². The molecule has 0 aromatic heterocycles. The number of hydrogen-bond donors (Lipinski definition) is 1. The summed E-state index contributed by atoms with van der Waals surface area (Å²) in [5, 5.41) is 3.94. The van der Waals surface area contributed by atoms with Gasteiger partial charge in [0.15, 0.2) is 0 Å². The minimum atomic E-state index is -0.466. The summed E-state index contributed by atoms with van der Waals surface area (Å²) in [6.45, 7) is 1.89. The van der Waals surface area contributed by atoms with Gasteiger partial charge in [-0.25, -0.2) is 4.90 Å². The molecule has 0 spiro atoms. The zero-order chi connectivity index (χ0) is 17.6. The van der Waals surface area contributed by atoms with Crippen LogP contribution >= 0.6 is 11.6 Å². The number of nitrogens with one attached hydrogen (secondary N) is 1. The maximum Gasteiger partial charge on any atom is 0.251 e. The molecule has 5 heteroatoms. The first kappa shape index (κ1) is 16.3. The highest BCUT2D eigenvalue weighted by Crippen LogP contribution is 2.29. The predicted molar refractivity (Wildman–Crippen MR) is 97.9 cm³/mol. The molecule has 1 aliphatic carbocycles. The lowest BCUT2D eigenvalue weighted by atomic mass is 10.1. The summed E-state index contributed by atoms with van der Waals surface area (Å²) in [6, 6.07) is 13.3. The lowest BCUT2D eigenvalue weighted by Gasteiger charge is -2.19. The van der Waals surface area contributed by atoms with E-state index in [0.29, 0.717) is 10.7 Å². The molecule has 0 radical (unpaired) electrons. The lowest BCUT2D eigenvalue weighted by molar-refractivity contribution is -0.121. The molecule has 2 aromatic rings. The van der Waals surface area contributed by atoms with Gasteiger partial charge >= 0.3 is 0 Å². The molecule has 0 saturated carbocycles. The van der Waals surface area contributed by atoms with Gasteiger partial charge in [0.05, 0.1) is 18.2 Å². The highest BCUT2D eigenvalue weighted by atomic mass is 35.5. The highest BCUT2D eigenvalue weighted by molar-refractivity contribution is 6.32. The molecule has 128 valence electrons. The number of benzene rings is 2. The van der Waals surface area contributed by atoms with Crippen molar-refractivity contribution in [2.45, 2.75) is 38.3 Å². The van der Waals surface area contributed by atoms with Gasteiger partial charge < -0.3 is 5.32 Å². The van der Waals surface area contributed by atoms with E-state index in [1.54, 1.807) is 12.1 Å². The van der Waals surface area contributed by atoms with Gasteiger partial charge in [0.2, 0.25) is 5.91 Å². The molecule has 2 aliphatic rings. The van der Waals surface area contributed by atoms with Crippen molar-refractivity contribution < 1.29 is 9.59 Å². The molecular formula is C20H19ClN2O2. The Labute approximate surface area is 151 Å². The topological polar surface area (TPSA) is 49.4 Å². The van der Waals surface area contributed by atoms with Crippen molar-refractivity contribution in [2.75, 3.05) is 4.90 Å². The number of halogens is 1. The molecule has 2 aromatic carbocycles. The number of anilines is 1. The fourth-order valence-electron chi connectivity index (χ4n) is 3.72. The monoisotopic (exact) mass is 354 g/mol. The molecule has 0 bridgehead atoms. The van der Waals surface area contributed by atoms with E-state index >= 15 is 0 Å². The Morgan fingerprint density at radius 1 is 1.04 bits per heavy atom. The van der Waals surface area contributed by atoms with Crippen LogP contribution in [0.1, 0.15) is 23.1 Å². The number of imide groups is 1. The molecule has 4 nitrogen and oxygen atoms in total. The Hall–Kier alpha value is -2.17. The summed E-state index contributed by atoms with van der Waals surface area (Å²) < 4.78 is 0. The second-order valence-corrected chi connectivity index (χ2v) is 7.21. The van der Waals surface area contributed by atoms with Crippen LogP contribution in [-0.2, 0) is 22.4 Å². The second-order valence-electron chi connectivity index (χ2n) is 6.80. The largest absolute Gasteiger partial charge is 0.302 e. The van der Waals surface area contributed by atoms with Crippen molar-refractivity contribution in [3.8, 4) is 0 Å². The van der Waals surface area contributed by atoms with Crippen LogP contribution in [0.25, 0.3) is 0 Å². The van der Waals surface area contributed by atoms with E-state index in [0.717, 1.165) is 18.4 Å². The summed E-state index contributed by atoms with van der Waals surface area (Å²) in [4.78, 5) is 26.4. The average molecular weight is 355 g/mol. The quantitative estimate of drug-likeness (QED) is 0.862. The number of aryl methyl sites for hydroxylation is 1. The predicted octanol–water partition coefficient (Wildman–Crippen LogP) is 3.04. The molecular weight excluding hydrogens is 336 g/mol. The normalized spacial score (nSPS) is 20.4. The molecule has 2 amide bonds. The summed E-state index contributed by atoms with van der Waals surface area (Å²) in [5.41, 5.74) is 4.10. The fraction of sp³-hybridized carbons (Fsp3) is 0.300. The zero-order valence-corrected chi connectivity index (χ0v) is 14.7.